The molecule has 0 radical (unpaired) electrons. The van der Waals surface area contributed by atoms with Crippen molar-refractivity contribution in [3.63, 3.8) is 0 Å². The number of amides is 2. The summed E-state index contributed by atoms with van der Waals surface area (Å²) in [7, 11) is 1.99. The molecule has 2 aromatic rings. The number of aldehydes is 1. The zero-order valence-corrected chi connectivity index (χ0v) is 21.2. The summed E-state index contributed by atoms with van der Waals surface area (Å²) >= 11 is 0. The molecular formula is C26H41N5O3. The van der Waals surface area contributed by atoms with Gasteiger partial charge in [0.15, 0.2) is 0 Å². The van der Waals surface area contributed by atoms with Gasteiger partial charge in [0, 0.05) is 24.7 Å². The lowest BCUT2D eigenvalue weighted by atomic mass is 10.0. The SMILES string of the molecule is CCC(C)CC=O.CNC(C)CCc1cccc2c1N(C=O)C(C)C2.O=CNCc1cnc[nH]1. The van der Waals surface area contributed by atoms with Crippen LogP contribution in [0.1, 0.15) is 63.8 Å². The number of hydrogen-bond donors (Lipinski definition) is 3. The van der Waals surface area contributed by atoms with Crippen LogP contribution in [0.25, 0.3) is 0 Å². The Morgan fingerprint density at radius 2 is 2.03 bits per heavy atom. The first-order valence-corrected chi connectivity index (χ1v) is 12.0. The summed E-state index contributed by atoms with van der Waals surface area (Å²) in [6, 6.07) is 7.19. The van der Waals surface area contributed by atoms with Crippen LogP contribution >= 0.6 is 0 Å². The van der Waals surface area contributed by atoms with Crippen molar-refractivity contribution in [3.8, 4) is 0 Å². The first-order chi connectivity index (χ1) is 16.4. The van der Waals surface area contributed by atoms with Crippen LogP contribution in [-0.4, -0.2) is 48.2 Å². The van der Waals surface area contributed by atoms with Crippen molar-refractivity contribution in [1.82, 2.24) is 20.6 Å². The number of nitrogens with zero attached hydrogens (tertiary/aromatic N) is 2. The third-order valence-electron chi connectivity index (χ3n) is 6.03. The Balaban J connectivity index is 0.000000301. The van der Waals surface area contributed by atoms with Crippen molar-refractivity contribution in [2.45, 2.75) is 78.4 Å². The maximum absolute atomic E-state index is 11.2. The Labute approximate surface area is 203 Å². The number of imidazole rings is 1. The van der Waals surface area contributed by atoms with E-state index in [4.69, 9.17) is 0 Å². The predicted molar refractivity (Wildman–Crippen MR) is 137 cm³/mol. The van der Waals surface area contributed by atoms with Crippen LogP contribution in [0.3, 0.4) is 0 Å². The average molecular weight is 472 g/mol. The molecule has 3 rings (SSSR count). The average Bonchev–Trinajstić information content (AvgIpc) is 3.48. The first-order valence-electron chi connectivity index (χ1n) is 12.0. The molecule has 0 saturated carbocycles. The number of para-hydroxylation sites is 1. The van der Waals surface area contributed by atoms with Gasteiger partial charge < -0.3 is 25.3 Å². The molecule has 3 atom stereocenters. The molecule has 3 unspecified atom stereocenters. The highest BCUT2D eigenvalue weighted by molar-refractivity contribution is 5.82. The molecule has 2 amide bonds. The number of carbonyl (C=O) groups excluding carboxylic acids is 3. The number of aromatic nitrogens is 2. The van der Waals surface area contributed by atoms with E-state index < -0.39 is 0 Å². The van der Waals surface area contributed by atoms with Crippen molar-refractivity contribution in [3.05, 3.63) is 47.5 Å². The number of anilines is 1. The maximum atomic E-state index is 11.2. The summed E-state index contributed by atoms with van der Waals surface area (Å²) in [6.45, 7) is 8.98. The van der Waals surface area contributed by atoms with E-state index in [0.717, 1.165) is 56.2 Å². The van der Waals surface area contributed by atoms with Gasteiger partial charge in [0.2, 0.25) is 12.8 Å². The van der Waals surface area contributed by atoms with E-state index in [1.165, 1.54) is 11.1 Å². The molecule has 8 heteroatoms. The van der Waals surface area contributed by atoms with E-state index in [1.807, 2.05) is 11.9 Å². The molecule has 1 aliphatic rings. The molecule has 3 N–H and O–H groups in total. The lowest BCUT2D eigenvalue weighted by Crippen LogP contribution is -2.28. The number of carbonyl (C=O) groups is 3. The molecule has 34 heavy (non-hydrogen) atoms. The van der Waals surface area contributed by atoms with E-state index in [9.17, 15) is 14.4 Å². The zero-order chi connectivity index (χ0) is 25.3. The van der Waals surface area contributed by atoms with Gasteiger partial charge in [0.25, 0.3) is 0 Å². The Morgan fingerprint density at radius 1 is 1.26 bits per heavy atom. The molecule has 1 aliphatic heterocycles. The lowest BCUT2D eigenvalue weighted by molar-refractivity contribution is -0.110. The monoisotopic (exact) mass is 471 g/mol. The Hall–Kier alpha value is -3.00. The molecule has 0 spiro atoms. The Morgan fingerprint density at radius 3 is 2.56 bits per heavy atom. The molecule has 0 fully saturated rings. The molecule has 1 aromatic heterocycles. The highest BCUT2D eigenvalue weighted by Gasteiger charge is 2.27. The quantitative estimate of drug-likeness (QED) is 0.435. The van der Waals surface area contributed by atoms with E-state index in [1.54, 1.807) is 12.5 Å². The van der Waals surface area contributed by atoms with Crippen LogP contribution in [0.2, 0.25) is 0 Å². The van der Waals surface area contributed by atoms with Crippen molar-refractivity contribution < 1.29 is 14.4 Å². The number of benzene rings is 1. The van der Waals surface area contributed by atoms with E-state index in [-0.39, 0.29) is 0 Å². The second kappa shape index (κ2) is 16.6. The third kappa shape index (κ3) is 9.87. The van der Waals surface area contributed by atoms with Gasteiger partial charge in [0.05, 0.1) is 24.3 Å². The Kier molecular flexibility index (Phi) is 14.2. The smallest absolute Gasteiger partial charge is 0.214 e. The van der Waals surface area contributed by atoms with Gasteiger partial charge >= 0.3 is 0 Å². The molecule has 188 valence electrons. The van der Waals surface area contributed by atoms with Crippen molar-refractivity contribution in [2.75, 3.05) is 11.9 Å². The molecule has 0 bridgehead atoms. The maximum Gasteiger partial charge on any atom is 0.214 e. The summed E-state index contributed by atoms with van der Waals surface area (Å²) in [5.41, 5.74) is 4.67. The van der Waals surface area contributed by atoms with Crippen LogP contribution in [-0.2, 0) is 33.8 Å². The minimum absolute atomic E-state index is 0.292. The van der Waals surface area contributed by atoms with Crippen LogP contribution < -0.4 is 15.5 Å². The topological polar surface area (TPSA) is 107 Å². The first kappa shape index (κ1) is 29.0. The molecule has 2 heterocycles. The minimum Gasteiger partial charge on any atom is -0.353 e. The highest BCUT2D eigenvalue weighted by atomic mass is 16.1. The summed E-state index contributed by atoms with van der Waals surface area (Å²) in [6.07, 6.45) is 10.8. The number of aromatic amines is 1. The molecular weight excluding hydrogens is 430 g/mol. The zero-order valence-electron chi connectivity index (χ0n) is 21.2. The predicted octanol–water partition coefficient (Wildman–Crippen LogP) is 3.41. The van der Waals surface area contributed by atoms with Gasteiger partial charge in [-0.25, -0.2) is 4.98 Å². The number of fused-ring (bicyclic) bond motifs is 1. The number of hydrogen-bond acceptors (Lipinski definition) is 5. The second-order valence-corrected chi connectivity index (χ2v) is 8.71. The fourth-order valence-electron chi connectivity index (χ4n) is 3.52. The van der Waals surface area contributed by atoms with Crippen LogP contribution in [0, 0.1) is 5.92 Å². The van der Waals surface area contributed by atoms with Crippen molar-refractivity contribution >= 4 is 24.8 Å². The van der Waals surface area contributed by atoms with Gasteiger partial charge in [-0.15, -0.1) is 0 Å². The van der Waals surface area contributed by atoms with Crippen molar-refractivity contribution in [2.24, 2.45) is 5.92 Å². The van der Waals surface area contributed by atoms with E-state index >= 15 is 0 Å². The number of nitrogens with one attached hydrogen (secondary N) is 3. The van der Waals surface area contributed by atoms with Gasteiger partial charge in [-0.05, 0) is 57.2 Å². The van der Waals surface area contributed by atoms with Gasteiger partial charge in [0.1, 0.15) is 6.29 Å². The minimum atomic E-state index is 0.292. The van der Waals surface area contributed by atoms with Crippen LogP contribution in [0.5, 0.6) is 0 Å². The third-order valence-corrected chi connectivity index (χ3v) is 6.03. The van der Waals surface area contributed by atoms with Gasteiger partial charge in [-0.2, -0.15) is 0 Å². The number of aryl methyl sites for hydroxylation is 1. The van der Waals surface area contributed by atoms with Crippen molar-refractivity contribution in [1.29, 1.82) is 0 Å². The molecule has 8 nitrogen and oxygen atoms in total. The van der Waals surface area contributed by atoms with Gasteiger partial charge in [-0.1, -0.05) is 38.5 Å². The number of H-pyrrole nitrogens is 1. The molecule has 0 aliphatic carbocycles. The normalized spacial score (nSPS) is 15.6. The summed E-state index contributed by atoms with van der Waals surface area (Å²) < 4.78 is 0. The van der Waals surface area contributed by atoms with Crippen LogP contribution in [0.15, 0.2) is 30.7 Å². The van der Waals surface area contributed by atoms with E-state index in [2.05, 4.69) is 66.5 Å². The summed E-state index contributed by atoms with van der Waals surface area (Å²) in [4.78, 5) is 39.3. The second-order valence-electron chi connectivity index (χ2n) is 8.71. The fraction of sp³-hybridized carbons (Fsp3) is 0.538. The molecule has 1 aromatic carbocycles. The Bertz CT molecular complexity index is 841. The van der Waals surface area contributed by atoms with Crippen LogP contribution in [0.4, 0.5) is 5.69 Å². The van der Waals surface area contributed by atoms with Gasteiger partial charge in [-0.3, -0.25) is 9.59 Å². The highest BCUT2D eigenvalue weighted by Crippen LogP contribution is 2.34. The summed E-state index contributed by atoms with van der Waals surface area (Å²) in [5.74, 6) is 0.581. The largest absolute Gasteiger partial charge is 0.353 e. The standard InChI is InChI=1S/C15H22N2O.C6H12O.C5H7N3O/c1-11(16-3)7-8-13-5-4-6-14-9-12(2)17(10-18)15(13)14;1-3-6(2)4-5-7;9-4-7-2-5-1-6-3-8-5/h4-6,10-12,16H,7-9H2,1-3H3;5-6H,3-4H2,1-2H3;1,3-4H,2H2,(H,6,8)(H,7,9). The summed E-state index contributed by atoms with van der Waals surface area (Å²) in [5, 5.41) is 5.75. The fourth-order valence-corrected chi connectivity index (χ4v) is 3.52. The molecule has 0 saturated heterocycles. The number of rotatable bonds is 11. The lowest BCUT2D eigenvalue weighted by Gasteiger charge is -2.20. The van der Waals surface area contributed by atoms with E-state index in [0.29, 0.717) is 31.0 Å².